The lowest BCUT2D eigenvalue weighted by molar-refractivity contribution is 0.102. The molecule has 2 rings (SSSR count). The van der Waals surface area contributed by atoms with Crippen LogP contribution < -0.4 is 10.6 Å². The predicted molar refractivity (Wildman–Crippen MR) is 93.8 cm³/mol. The minimum Gasteiger partial charge on any atom is -0.369 e. The van der Waals surface area contributed by atoms with Crippen molar-refractivity contribution < 1.29 is 4.79 Å². The van der Waals surface area contributed by atoms with E-state index in [1.54, 1.807) is 6.20 Å². The molecule has 1 heterocycles. The van der Waals surface area contributed by atoms with Gasteiger partial charge in [0.2, 0.25) is 0 Å². The van der Waals surface area contributed by atoms with Gasteiger partial charge in [-0.05, 0) is 30.5 Å². The predicted octanol–water partition coefficient (Wildman–Crippen LogP) is 3.89. The largest absolute Gasteiger partial charge is 0.369 e. The van der Waals surface area contributed by atoms with Crippen molar-refractivity contribution in [3.8, 4) is 0 Å². The summed E-state index contributed by atoms with van der Waals surface area (Å²) in [6.45, 7) is 5.14. The molecule has 0 radical (unpaired) electrons. The van der Waals surface area contributed by atoms with Crippen LogP contribution in [0.4, 0.5) is 11.5 Å². The van der Waals surface area contributed by atoms with Crippen LogP contribution in [0, 0.1) is 0 Å². The van der Waals surface area contributed by atoms with E-state index in [0.29, 0.717) is 11.5 Å². The third kappa shape index (κ3) is 5.36. The van der Waals surface area contributed by atoms with Gasteiger partial charge in [0.15, 0.2) is 0 Å². The SMILES string of the molecule is CCCCCNc1cnc(C(=O)Nc2ccc(CC)cc2)cn1. The average Bonchev–Trinajstić information content (AvgIpc) is 2.60. The highest BCUT2D eigenvalue weighted by Crippen LogP contribution is 2.11. The molecule has 0 fully saturated rings. The summed E-state index contributed by atoms with van der Waals surface area (Å²) in [5.41, 5.74) is 2.31. The molecule has 122 valence electrons. The fourth-order valence-electron chi connectivity index (χ4n) is 2.15. The number of carbonyl (C=O) groups is 1. The van der Waals surface area contributed by atoms with Gasteiger partial charge >= 0.3 is 0 Å². The summed E-state index contributed by atoms with van der Waals surface area (Å²) in [5, 5.41) is 6.03. The first-order valence-electron chi connectivity index (χ1n) is 8.19. The molecule has 1 aromatic carbocycles. The van der Waals surface area contributed by atoms with E-state index >= 15 is 0 Å². The first-order valence-corrected chi connectivity index (χ1v) is 8.19. The minimum atomic E-state index is -0.251. The number of aryl methyl sites for hydroxylation is 1. The van der Waals surface area contributed by atoms with Gasteiger partial charge in [-0.2, -0.15) is 0 Å². The molecule has 0 aliphatic rings. The number of rotatable bonds is 8. The second kappa shape index (κ2) is 8.88. The van der Waals surface area contributed by atoms with Crippen LogP contribution in [0.2, 0.25) is 0 Å². The lowest BCUT2D eigenvalue weighted by Crippen LogP contribution is -2.14. The lowest BCUT2D eigenvalue weighted by atomic mass is 10.1. The van der Waals surface area contributed by atoms with Crippen LogP contribution >= 0.6 is 0 Å². The highest BCUT2D eigenvalue weighted by atomic mass is 16.1. The third-order valence-corrected chi connectivity index (χ3v) is 3.59. The zero-order valence-electron chi connectivity index (χ0n) is 13.8. The summed E-state index contributed by atoms with van der Waals surface area (Å²) in [4.78, 5) is 20.5. The molecule has 0 aliphatic carbocycles. The third-order valence-electron chi connectivity index (χ3n) is 3.59. The Labute approximate surface area is 137 Å². The molecule has 23 heavy (non-hydrogen) atoms. The second-order valence-corrected chi connectivity index (χ2v) is 5.43. The summed E-state index contributed by atoms with van der Waals surface area (Å²) >= 11 is 0. The summed E-state index contributed by atoms with van der Waals surface area (Å²) in [6.07, 6.45) is 7.56. The molecule has 0 saturated heterocycles. The molecular weight excluding hydrogens is 288 g/mol. The standard InChI is InChI=1S/C18H24N4O/c1-3-5-6-11-19-17-13-20-16(12-21-17)18(23)22-15-9-7-14(4-2)8-10-15/h7-10,12-13H,3-6,11H2,1-2H3,(H,19,21)(H,22,23). The number of anilines is 2. The lowest BCUT2D eigenvalue weighted by Gasteiger charge is -2.07. The van der Waals surface area contributed by atoms with E-state index in [4.69, 9.17) is 0 Å². The molecule has 0 unspecified atom stereocenters. The van der Waals surface area contributed by atoms with Crippen LogP contribution in [0.1, 0.15) is 49.2 Å². The molecular formula is C18H24N4O. The number of carbonyl (C=O) groups excluding carboxylic acids is 1. The van der Waals surface area contributed by atoms with E-state index in [0.717, 1.165) is 25.1 Å². The Balaban J connectivity index is 1.88. The molecule has 2 N–H and O–H groups in total. The first-order chi connectivity index (χ1) is 11.2. The number of hydrogen-bond acceptors (Lipinski definition) is 4. The van der Waals surface area contributed by atoms with Crippen molar-refractivity contribution in [2.45, 2.75) is 39.5 Å². The normalized spacial score (nSPS) is 10.3. The Hall–Kier alpha value is -2.43. The molecule has 0 saturated carbocycles. The van der Waals surface area contributed by atoms with Crippen LogP contribution in [-0.2, 0) is 6.42 Å². The van der Waals surface area contributed by atoms with Crippen molar-refractivity contribution >= 4 is 17.4 Å². The number of unbranched alkanes of at least 4 members (excludes halogenated alkanes) is 2. The molecule has 5 nitrogen and oxygen atoms in total. The van der Waals surface area contributed by atoms with Gasteiger partial charge in [-0.25, -0.2) is 9.97 Å². The van der Waals surface area contributed by atoms with Gasteiger partial charge in [0.05, 0.1) is 12.4 Å². The molecule has 0 atom stereocenters. The Bertz CT molecular complexity index is 608. The van der Waals surface area contributed by atoms with Crippen molar-refractivity contribution in [1.29, 1.82) is 0 Å². The quantitative estimate of drug-likeness (QED) is 0.726. The van der Waals surface area contributed by atoms with Crippen LogP contribution in [0.25, 0.3) is 0 Å². The van der Waals surface area contributed by atoms with Gasteiger partial charge in [0, 0.05) is 12.2 Å². The van der Waals surface area contributed by atoms with Crippen LogP contribution in [-0.4, -0.2) is 22.4 Å². The van der Waals surface area contributed by atoms with E-state index in [1.165, 1.54) is 24.6 Å². The Kier molecular flexibility index (Phi) is 6.54. The Morgan fingerprint density at radius 2 is 1.83 bits per heavy atom. The van der Waals surface area contributed by atoms with Gasteiger partial charge in [0.1, 0.15) is 11.5 Å². The fourth-order valence-corrected chi connectivity index (χ4v) is 2.15. The minimum absolute atomic E-state index is 0.251. The van der Waals surface area contributed by atoms with Gasteiger partial charge < -0.3 is 10.6 Å². The zero-order chi connectivity index (χ0) is 16.5. The van der Waals surface area contributed by atoms with Crippen molar-refractivity contribution in [1.82, 2.24) is 9.97 Å². The summed E-state index contributed by atoms with van der Waals surface area (Å²) in [5.74, 6) is 0.448. The van der Waals surface area contributed by atoms with Crippen LogP contribution in [0.5, 0.6) is 0 Å². The maximum atomic E-state index is 12.1. The van der Waals surface area contributed by atoms with Crippen molar-refractivity contribution in [2.75, 3.05) is 17.2 Å². The molecule has 0 aliphatic heterocycles. The molecule has 1 amide bonds. The van der Waals surface area contributed by atoms with Crippen molar-refractivity contribution in [3.05, 3.63) is 47.9 Å². The molecule has 5 heteroatoms. The fraction of sp³-hybridized carbons (Fsp3) is 0.389. The van der Waals surface area contributed by atoms with Crippen LogP contribution in [0.15, 0.2) is 36.7 Å². The molecule has 0 bridgehead atoms. The average molecular weight is 312 g/mol. The van der Waals surface area contributed by atoms with E-state index in [9.17, 15) is 4.79 Å². The van der Waals surface area contributed by atoms with Crippen molar-refractivity contribution in [2.24, 2.45) is 0 Å². The smallest absolute Gasteiger partial charge is 0.275 e. The van der Waals surface area contributed by atoms with Gasteiger partial charge in [0.25, 0.3) is 5.91 Å². The monoisotopic (exact) mass is 312 g/mol. The summed E-state index contributed by atoms with van der Waals surface area (Å²) < 4.78 is 0. The number of aromatic nitrogens is 2. The second-order valence-electron chi connectivity index (χ2n) is 5.43. The number of amides is 1. The number of nitrogens with one attached hydrogen (secondary N) is 2. The molecule has 1 aromatic heterocycles. The maximum Gasteiger partial charge on any atom is 0.275 e. The topological polar surface area (TPSA) is 66.9 Å². The summed E-state index contributed by atoms with van der Waals surface area (Å²) in [7, 11) is 0. The maximum absolute atomic E-state index is 12.1. The first kappa shape index (κ1) is 16.9. The Morgan fingerprint density at radius 1 is 1.04 bits per heavy atom. The molecule has 2 aromatic rings. The number of benzene rings is 1. The zero-order valence-corrected chi connectivity index (χ0v) is 13.8. The highest BCUT2D eigenvalue weighted by Gasteiger charge is 2.08. The number of hydrogen-bond donors (Lipinski definition) is 2. The summed E-state index contributed by atoms with van der Waals surface area (Å²) in [6, 6.07) is 7.80. The van der Waals surface area contributed by atoms with Gasteiger partial charge in [-0.1, -0.05) is 38.8 Å². The number of nitrogens with zero attached hydrogens (tertiary/aromatic N) is 2. The van der Waals surface area contributed by atoms with E-state index in [1.807, 2.05) is 24.3 Å². The van der Waals surface area contributed by atoms with Crippen molar-refractivity contribution in [3.63, 3.8) is 0 Å². The van der Waals surface area contributed by atoms with E-state index in [-0.39, 0.29) is 5.91 Å². The van der Waals surface area contributed by atoms with Gasteiger partial charge in [-0.15, -0.1) is 0 Å². The van der Waals surface area contributed by atoms with Gasteiger partial charge in [-0.3, -0.25) is 4.79 Å². The van der Waals surface area contributed by atoms with E-state index < -0.39 is 0 Å². The highest BCUT2D eigenvalue weighted by molar-refractivity contribution is 6.02. The Morgan fingerprint density at radius 3 is 2.43 bits per heavy atom. The van der Waals surface area contributed by atoms with Crippen LogP contribution in [0.3, 0.4) is 0 Å². The van der Waals surface area contributed by atoms with E-state index in [2.05, 4.69) is 34.4 Å². The molecule has 0 spiro atoms.